The number of aryl methyl sites for hydroxylation is 2. The number of amides is 1. The minimum absolute atomic E-state index is 0.0818. The van der Waals surface area contributed by atoms with Gasteiger partial charge in [0, 0.05) is 35.5 Å². The third-order valence-corrected chi connectivity index (χ3v) is 7.24. The van der Waals surface area contributed by atoms with E-state index in [9.17, 15) is 14.7 Å². The first kappa shape index (κ1) is 26.4. The summed E-state index contributed by atoms with van der Waals surface area (Å²) in [6.45, 7) is 3.46. The van der Waals surface area contributed by atoms with Crippen molar-refractivity contribution >= 4 is 33.4 Å². The number of hydrogen-bond donors (Lipinski definition) is 1. The molecule has 0 spiro atoms. The lowest BCUT2D eigenvalue weighted by molar-refractivity contribution is -0.139. The molecule has 0 bridgehead atoms. The van der Waals surface area contributed by atoms with Crippen LogP contribution in [0, 0.1) is 6.92 Å². The molecule has 0 unspecified atom stereocenters. The Labute approximate surface area is 235 Å². The van der Waals surface area contributed by atoms with Crippen molar-refractivity contribution in [3.05, 3.63) is 124 Å². The molecule has 5 rings (SSSR count). The highest BCUT2D eigenvalue weighted by molar-refractivity contribution is 9.10. The van der Waals surface area contributed by atoms with Gasteiger partial charge in [-0.2, -0.15) is 0 Å². The second-order valence-electron chi connectivity index (χ2n) is 9.50. The number of benzene rings is 3. The SMILES string of the molecule is Cc1cccc(COc2ccc(C(O)=C3C(=O)C(=O)N(CCCn4ccnc4)[C@H]3c3ccc(Br)cc3)cc2)c1. The van der Waals surface area contributed by atoms with E-state index in [-0.39, 0.29) is 11.3 Å². The molecule has 2 heterocycles. The van der Waals surface area contributed by atoms with E-state index in [1.165, 1.54) is 0 Å². The molecule has 1 N–H and O–H groups in total. The van der Waals surface area contributed by atoms with Crippen molar-refractivity contribution in [2.24, 2.45) is 0 Å². The number of aliphatic hydroxyl groups is 1. The highest BCUT2D eigenvalue weighted by atomic mass is 79.9. The lowest BCUT2D eigenvalue weighted by atomic mass is 9.95. The van der Waals surface area contributed by atoms with E-state index >= 15 is 0 Å². The zero-order chi connectivity index (χ0) is 27.4. The molecule has 1 atom stereocenters. The van der Waals surface area contributed by atoms with E-state index in [0.29, 0.717) is 37.4 Å². The van der Waals surface area contributed by atoms with Gasteiger partial charge in [-0.1, -0.05) is 57.9 Å². The Bertz CT molecular complexity index is 1500. The minimum atomic E-state index is -0.696. The van der Waals surface area contributed by atoms with Crippen molar-refractivity contribution in [1.82, 2.24) is 14.5 Å². The zero-order valence-corrected chi connectivity index (χ0v) is 23.0. The van der Waals surface area contributed by atoms with E-state index in [1.54, 1.807) is 41.7 Å². The maximum Gasteiger partial charge on any atom is 0.295 e. The molecule has 3 aromatic carbocycles. The van der Waals surface area contributed by atoms with Gasteiger partial charge in [0.1, 0.15) is 18.1 Å². The third-order valence-electron chi connectivity index (χ3n) is 6.72. The summed E-state index contributed by atoms with van der Waals surface area (Å²) in [5, 5.41) is 11.3. The molecule has 4 aromatic rings. The van der Waals surface area contributed by atoms with Crippen molar-refractivity contribution in [3.63, 3.8) is 0 Å². The molecule has 1 fully saturated rings. The first-order chi connectivity index (χ1) is 18.9. The van der Waals surface area contributed by atoms with Crippen molar-refractivity contribution in [2.45, 2.75) is 32.5 Å². The van der Waals surface area contributed by atoms with Crippen LogP contribution in [0.4, 0.5) is 0 Å². The molecule has 0 aliphatic carbocycles. The largest absolute Gasteiger partial charge is 0.507 e. The number of likely N-dealkylation sites (tertiary alicyclic amines) is 1. The Morgan fingerprint density at radius 3 is 2.49 bits per heavy atom. The smallest absolute Gasteiger partial charge is 0.295 e. The number of ketones is 1. The monoisotopic (exact) mass is 585 g/mol. The van der Waals surface area contributed by atoms with Crippen molar-refractivity contribution < 1.29 is 19.4 Å². The van der Waals surface area contributed by atoms with Gasteiger partial charge in [0.05, 0.1) is 17.9 Å². The molecule has 39 heavy (non-hydrogen) atoms. The van der Waals surface area contributed by atoms with E-state index in [4.69, 9.17) is 4.74 Å². The Morgan fingerprint density at radius 2 is 1.79 bits per heavy atom. The van der Waals surface area contributed by atoms with Gasteiger partial charge in [0.25, 0.3) is 11.7 Å². The number of ether oxygens (including phenoxy) is 1. The van der Waals surface area contributed by atoms with Crippen LogP contribution >= 0.6 is 15.9 Å². The van der Waals surface area contributed by atoms with Gasteiger partial charge in [-0.05, 0) is 60.9 Å². The molecule has 1 saturated heterocycles. The lowest BCUT2D eigenvalue weighted by Crippen LogP contribution is -2.31. The molecule has 0 saturated carbocycles. The molecular weight excluding hydrogens is 558 g/mol. The Hall–Kier alpha value is -4.17. The number of aromatic nitrogens is 2. The minimum Gasteiger partial charge on any atom is -0.507 e. The molecule has 198 valence electrons. The molecule has 1 aromatic heterocycles. The number of hydrogen-bond acceptors (Lipinski definition) is 5. The Balaban J connectivity index is 1.41. The average molecular weight is 586 g/mol. The molecule has 1 aliphatic heterocycles. The second kappa shape index (κ2) is 11.7. The number of carbonyl (C=O) groups excluding carboxylic acids is 2. The fourth-order valence-electron chi connectivity index (χ4n) is 4.78. The summed E-state index contributed by atoms with van der Waals surface area (Å²) < 4.78 is 8.70. The van der Waals surface area contributed by atoms with Crippen LogP contribution in [-0.2, 0) is 22.7 Å². The summed E-state index contributed by atoms with van der Waals surface area (Å²) in [5.41, 5.74) is 3.49. The van der Waals surface area contributed by atoms with Crippen LogP contribution in [0.5, 0.6) is 5.75 Å². The van der Waals surface area contributed by atoms with Gasteiger partial charge < -0.3 is 19.3 Å². The first-order valence-electron chi connectivity index (χ1n) is 12.7. The maximum absolute atomic E-state index is 13.3. The molecule has 1 aliphatic rings. The first-order valence-corrected chi connectivity index (χ1v) is 13.5. The number of aliphatic hydroxyl groups excluding tert-OH is 1. The van der Waals surface area contributed by atoms with Crippen molar-refractivity contribution in [2.75, 3.05) is 6.54 Å². The predicted octanol–water partition coefficient (Wildman–Crippen LogP) is 6.05. The van der Waals surface area contributed by atoms with Gasteiger partial charge in [0.15, 0.2) is 0 Å². The number of rotatable bonds is 9. The van der Waals surface area contributed by atoms with Gasteiger partial charge >= 0.3 is 0 Å². The number of Topliss-reactive ketones (excluding diaryl/α,β-unsaturated/α-hetero) is 1. The fourth-order valence-corrected chi connectivity index (χ4v) is 5.04. The summed E-state index contributed by atoms with van der Waals surface area (Å²) in [7, 11) is 0. The standard InChI is InChI=1S/C31H28BrN3O4/c1-21-4-2-5-22(18-21)19-39-26-12-8-24(9-13-26)29(36)27-28(23-6-10-25(32)11-7-23)35(31(38)30(27)37)16-3-15-34-17-14-33-20-34/h2,4-14,17-18,20,28,36H,3,15-16,19H2,1H3/t28-/m0/s1. The molecule has 7 nitrogen and oxygen atoms in total. The van der Waals surface area contributed by atoms with E-state index in [0.717, 1.165) is 21.2 Å². The number of halogens is 1. The molecular formula is C31H28BrN3O4. The van der Waals surface area contributed by atoms with Crippen LogP contribution < -0.4 is 4.74 Å². The Kier molecular flexibility index (Phi) is 7.93. The summed E-state index contributed by atoms with van der Waals surface area (Å²) in [5.74, 6) is -0.878. The summed E-state index contributed by atoms with van der Waals surface area (Å²) in [6, 6.07) is 21.7. The quantitative estimate of drug-likeness (QED) is 0.147. The van der Waals surface area contributed by atoms with Crippen LogP contribution in [0.3, 0.4) is 0 Å². The van der Waals surface area contributed by atoms with Gasteiger partial charge in [-0.15, -0.1) is 0 Å². The Morgan fingerprint density at radius 1 is 1.03 bits per heavy atom. The second-order valence-corrected chi connectivity index (χ2v) is 10.4. The van der Waals surface area contributed by atoms with E-state index in [2.05, 4.69) is 27.0 Å². The van der Waals surface area contributed by atoms with Gasteiger partial charge in [-0.3, -0.25) is 9.59 Å². The van der Waals surface area contributed by atoms with Crippen LogP contribution in [0.1, 0.15) is 34.7 Å². The van der Waals surface area contributed by atoms with Crippen LogP contribution in [0.25, 0.3) is 5.76 Å². The number of carbonyl (C=O) groups is 2. The molecule has 0 radical (unpaired) electrons. The topological polar surface area (TPSA) is 84.7 Å². The predicted molar refractivity (Wildman–Crippen MR) is 152 cm³/mol. The van der Waals surface area contributed by atoms with Crippen LogP contribution in [-0.4, -0.2) is 37.8 Å². The highest BCUT2D eigenvalue weighted by Gasteiger charge is 2.45. The molecule has 1 amide bonds. The summed E-state index contributed by atoms with van der Waals surface area (Å²) >= 11 is 3.45. The third kappa shape index (κ3) is 5.96. The molecule has 8 heteroatoms. The lowest BCUT2D eigenvalue weighted by Gasteiger charge is -2.25. The zero-order valence-electron chi connectivity index (χ0n) is 21.5. The summed E-state index contributed by atoms with van der Waals surface area (Å²) in [4.78, 5) is 32.0. The fraction of sp³-hybridized carbons (Fsp3) is 0.194. The van der Waals surface area contributed by atoms with E-state index in [1.807, 2.05) is 60.2 Å². The normalized spacial score (nSPS) is 16.6. The number of nitrogens with zero attached hydrogens (tertiary/aromatic N) is 3. The van der Waals surface area contributed by atoms with E-state index < -0.39 is 17.7 Å². The maximum atomic E-state index is 13.3. The van der Waals surface area contributed by atoms with Crippen molar-refractivity contribution in [1.29, 1.82) is 0 Å². The van der Waals surface area contributed by atoms with Crippen LogP contribution in [0.2, 0.25) is 0 Å². The summed E-state index contributed by atoms with van der Waals surface area (Å²) in [6.07, 6.45) is 5.90. The van der Waals surface area contributed by atoms with Gasteiger partial charge in [0.2, 0.25) is 0 Å². The number of imidazole rings is 1. The highest BCUT2D eigenvalue weighted by Crippen LogP contribution is 2.40. The van der Waals surface area contributed by atoms with Gasteiger partial charge in [-0.25, -0.2) is 4.98 Å². The van der Waals surface area contributed by atoms with Crippen molar-refractivity contribution in [3.8, 4) is 5.75 Å². The van der Waals surface area contributed by atoms with Crippen LogP contribution in [0.15, 0.2) is 102 Å². The average Bonchev–Trinajstić information content (AvgIpc) is 3.55.